The first kappa shape index (κ1) is 17.2. The van der Waals surface area contributed by atoms with Gasteiger partial charge in [0.05, 0.1) is 24.3 Å². The fourth-order valence-corrected chi connectivity index (χ4v) is 2.24. The maximum Gasteiger partial charge on any atom is 0.312 e. The van der Waals surface area contributed by atoms with Crippen LogP contribution in [0.4, 0.5) is 11.4 Å². The van der Waals surface area contributed by atoms with Crippen molar-refractivity contribution in [3.05, 3.63) is 63.8 Å². The highest BCUT2D eigenvalue weighted by molar-refractivity contribution is 5.83. The summed E-state index contributed by atoms with van der Waals surface area (Å²) >= 11 is 0. The van der Waals surface area contributed by atoms with Crippen molar-refractivity contribution in [2.45, 2.75) is 6.92 Å². The number of aromatic hydroxyl groups is 1. The van der Waals surface area contributed by atoms with Crippen LogP contribution < -0.4 is 4.74 Å². The van der Waals surface area contributed by atoms with Crippen LogP contribution in [0, 0.1) is 17.0 Å². The van der Waals surface area contributed by atoms with Crippen molar-refractivity contribution < 1.29 is 19.2 Å². The lowest BCUT2D eigenvalue weighted by atomic mass is 10.1. The quantitative estimate of drug-likeness (QED) is 0.421. The smallest absolute Gasteiger partial charge is 0.312 e. The lowest BCUT2D eigenvalue weighted by molar-refractivity contribution is -0.384. The molecule has 0 spiro atoms. The molecule has 8 heteroatoms. The molecule has 0 saturated heterocycles. The van der Waals surface area contributed by atoms with Crippen LogP contribution in [-0.4, -0.2) is 28.3 Å². The van der Waals surface area contributed by atoms with E-state index in [0.29, 0.717) is 5.69 Å². The SMILES string of the molecule is COc1cc([N+](=O)[O-])ccc1N=Cc1nc(-c2ccc(C)cc2)oc1O. The van der Waals surface area contributed by atoms with Crippen molar-refractivity contribution in [2.75, 3.05) is 7.11 Å². The summed E-state index contributed by atoms with van der Waals surface area (Å²) in [7, 11) is 1.39. The number of benzene rings is 2. The lowest BCUT2D eigenvalue weighted by Gasteiger charge is -2.03. The summed E-state index contributed by atoms with van der Waals surface area (Å²) in [5.41, 5.74) is 2.21. The Morgan fingerprint density at radius 3 is 2.65 bits per heavy atom. The molecule has 0 aliphatic heterocycles. The average molecular weight is 353 g/mol. The van der Waals surface area contributed by atoms with Gasteiger partial charge < -0.3 is 14.3 Å². The number of hydrogen-bond donors (Lipinski definition) is 1. The normalized spacial score (nSPS) is 11.0. The molecule has 8 nitrogen and oxygen atoms in total. The van der Waals surface area contributed by atoms with Crippen molar-refractivity contribution in [1.29, 1.82) is 0 Å². The summed E-state index contributed by atoms with van der Waals surface area (Å²) in [4.78, 5) is 18.7. The predicted molar refractivity (Wildman–Crippen MR) is 95.2 cm³/mol. The van der Waals surface area contributed by atoms with E-state index < -0.39 is 4.92 Å². The van der Waals surface area contributed by atoms with Crippen LogP contribution in [0.2, 0.25) is 0 Å². The first-order chi connectivity index (χ1) is 12.5. The molecule has 0 amide bonds. The van der Waals surface area contributed by atoms with Gasteiger partial charge in [0.2, 0.25) is 5.89 Å². The fraction of sp³-hybridized carbons (Fsp3) is 0.111. The van der Waals surface area contributed by atoms with Crippen molar-refractivity contribution in [3.8, 4) is 23.1 Å². The third-order valence-electron chi connectivity index (χ3n) is 3.63. The molecule has 1 aromatic heterocycles. The van der Waals surface area contributed by atoms with E-state index in [2.05, 4.69) is 9.98 Å². The number of aryl methyl sites for hydroxylation is 1. The summed E-state index contributed by atoms with van der Waals surface area (Å²) in [6.07, 6.45) is 1.31. The van der Waals surface area contributed by atoms with Gasteiger partial charge in [0.15, 0.2) is 11.4 Å². The van der Waals surface area contributed by atoms with E-state index in [9.17, 15) is 15.2 Å². The Morgan fingerprint density at radius 2 is 2.00 bits per heavy atom. The molecule has 0 fully saturated rings. The van der Waals surface area contributed by atoms with Gasteiger partial charge in [-0.3, -0.25) is 15.1 Å². The zero-order valence-corrected chi connectivity index (χ0v) is 14.0. The van der Waals surface area contributed by atoms with E-state index in [-0.39, 0.29) is 29.0 Å². The van der Waals surface area contributed by atoms with Crippen LogP contribution in [0.25, 0.3) is 11.5 Å². The molecule has 3 aromatic rings. The zero-order chi connectivity index (χ0) is 18.7. The number of nitro benzene ring substituents is 1. The van der Waals surface area contributed by atoms with Crippen LogP contribution in [0.1, 0.15) is 11.3 Å². The van der Waals surface area contributed by atoms with Crippen molar-refractivity contribution >= 4 is 17.6 Å². The van der Waals surface area contributed by atoms with E-state index in [1.165, 1.54) is 31.5 Å². The van der Waals surface area contributed by atoms with E-state index >= 15 is 0 Å². The molecule has 26 heavy (non-hydrogen) atoms. The minimum Gasteiger partial charge on any atom is -0.494 e. The minimum absolute atomic E-state index is 0.105. The maximum atomic E-state index is 10.8. The van der Waals surface area contributed by atoms with E-state index in [0.717, 1.165) is 11.1 Å². The minimum atomic E-state index is -0.521. The molecule has 1 heterocycles. The topological polar surface area (TPSA) is 111 Å². The summed E-state index contributed by atoms with van der Waals surface area (Å²) < 4.78 is 10.4. The van der Waals surface area contributed by atoms with Crippen molar-refractivity contribution in [1.82, 2.24) is 4.98 Å². The molecular weight excluding hydrogens is 338 g/mol. The lowest BCUT2D eigenvalue weighted by Crippen LogP contribution is -1.90. The average Bonchev–Trinajstić information content (AvgIpc) is 3.01. The molecule has 0 aliphatic rings. The number of hydrogen-bond acceptors (Lipinski definition) is 7. The standard InChI is InChI=1S/C18H15N3O5/c1-11-3-5-12(6-4-11)17-20-15(18(22)26-17)10-19-14-8-7-13(21(23)24)9-16(14)25-2/h3-10,22H,1-2H3. The number of nitro groups is 1. The van der Waals surface area contributed by atoms with E-state index in [1.807, 2.05) is 31.2 Å². The van der Waals surface area contributed by atoms with Gasteiger partial charge >= 0.3 is 5.95 Å². The largest absolute Gasteiger partial charge is 0.494 e. The molecule has 0 radical (unpaired) electrons. The monoisotopic (exact) mass is 353 g/mol. The predicted octanol–water partition coefficient (Wildman–Crippen LogP) is 4.02. The molecule has 0 unspecified atom stereocenters. The molecule has 0 atom stereocenters. The van der Waals surface area contributed by atoms with Crippen molar-refractivity contribution in [3.63, 3.8) is 0 Å². The Morgan fingerprint density at radius 1 is 1.27 bits per heavy atom. The van der Waals surface area contributed by atoms with Crippen molar-refractivity contribution in [2.24, 2.45) is 4.99 Å². The summed E-state index contributed by atoms with van der Waals surface area (Å²) in [6.45, 7) is 1.96. The van der Waals surface area contributed by atoms with Gasteiger partial charge in [0.1, 0.15) is 5.69 Å². The van der Waals surface area contributed by atoms with Crippen LogP contribution in [0.3, 0.4) is 0 Å². The Labute approximate surface area is 148 Å². The third kappa shape index (κ3) is 3.54. The molecule has 0 aliphatic carbocycles. The number of ether oxygens (including phenoxy) is 1. The molecule has 1 N–H and O–H groups in total. The highest BCUT2D eigenvalue weighted by atomic mass is 16.6. The first-order valence-electron chi connectivity index (χ1n) is 7.61. The maximum absolute atomic E-state index is 10.8. The number of rotatable bonds is 5. The molecule has 2 aromatic carbocycles. The summed E-state index contributed by atoms with van der Waals surface area (Å²) in [6, 6.07) is 11.5. The highest BCUT2D eigenvalue weighted by Gasteiger charge is 2.14. The molecule has 3 rings (SSSR count). The Hall–Kier alpha value is -3.68. The van der Waals surface area contributed by atoms with Gasteiger partial charge in [-0.05, 0) is 25.1 Å². The number of methoxy groups -OCH3 is 1. The summed E-state index contributed by atoms with van der Waals surface area (Å²) in [5, 5.41) is 20.7. The fourth-order valence-electron chi connectivity index (χ4n) is 2.24. The number of aliphatic imine (C=N–C) groups is 1. The highest BCUT2D eigenvalue weighted by Crippen LogP contribution is 2.32. The Kier molecular flexibility index (Phi) is 4.66. The van der Waals surface area contributed by atoms with E-state index in [1.54, 1.807) is 0 Å². The number of nitrogens with zero attached hydrogens (tertiary/aromatic N) is 3. The van der Waals surface area contributed by atoms with Gasteiger partial charge in [-0.1, -0.05) is 17.7 Å². The third-order valence-corrected chi connectivity index (χ3v) is 3.63. The Balaban J connectivity index is 1.89. The second-order valence-corrected chi connectivity index (χ2v) is 5.45. The van der Waals surface area contributed by atoms with Gasteiger partial charge in [0, 0.05) is 11.6 Å². The van der Waals surface area contributed by atoms with E-state index in [4.69, 9.17) is 9.15 Å². The number of aromatic nitrogens is 1. The van der Waals surface area contributed by atoms with Gasteiger partial charge in [0.25, 0.3) is 5.69 Å². The Bertz CT molecular complexity index is 977. The van der Waals surface area contributed by atoms with Crippen LogP contribution >= 0.6 is 0 Å². The zero-order valence-electron chi connectivity index (χ0n) is 14.0. The van der Waals surface area contributed by atoms with Crippen LogP contribution in [0.15, 0.2) is 51.9 Å². The number of oxazole rings is 1. The van der Waals surface area contributed by atoms with Gasteiger partial charge in [-0.15, -0.1) is 0 Å². The van der Waals surface area contributed by atoms with Crippen LogP contribution in [-0.2, 0) is 0 Å². The second kappa shape index (κ2) is 7.06. The van der Waals surface area contributed by atoms with Gasteiger partial charge in [-0.25, -0.2) is 4.98 Å². The van der Waals surface area contributed by atoms with Gasteiger partial charge in [-0.2, -0.15) is 0 Å². The second-order valence-electron chi connectivity index (χ2n) is 5.45. The molecule has 0 saturated carbocycles. The molecular formula is C18H15N3O5. The van der Waals surface area contributed by atoms with Crippen LogP contribution in [0.5, 0.6) is 11.7 Å². The summed E-state index contributed by atoms with van der Waals surface area (Å²) in [5.74, 6) is 0.127. The number of non-ortho nitro benzene ring substituents is 1. The molecule has 0 bridgehead atoms. The molecule has 132 valence electrons. The first-order valence-corrected chi connectivity index (χ1v) is 7.61.